The molecule has 1 rings (SSSR count). The Bertz CT molecular complexity index is 330. The Balaban J connectivity index is 2.88. The first kappa shape index (κ1) is 11.9. The molecule has 0 amide bonds. The Morgan fingerprint density at radius 3 is 2.27 bits per heavy atom. The number of carbonyl (C=O) groups is 1. The van der Waals surface area contributed by atoms with Crippen molar-refractivity contribution in [2.24, 2.45) is 11.8 Å². The molecule has 0 fully saturated rings. The van der Waals surface area contributed by atoms with E-state index in [-0.39, 0.29) is 24.1 Å². The minimum absolute atomic E-state index is 0.0764. The second-order valence-electron chi connectivity index (χ2n) is 3.90. The van der Waals surface area contributed by atoms with Crippen LogP contribution in [0.2, 0.25) is 0 Å². The van der Waals surface area contributed by atoms with Gasteiger partial charge in [0.1, 0.15) is 5.82 Å². The summed E-state index contributed by atoms with van der Waals surface area (Å²) < 4.78 is 12.6. The maximum absolute atomic E-state index is 12.6. The molecule has 1 unspecified atom stereocenters. The summed E-state index contributed by atoms with van der Waals surface area (Å²) in [5, 5.41) is 9.09. The standard InChI is InChI=1S/C12H15FO2/c1-8(2)11(7-14)12(15)9-3-5-10(13)6-4-9/h3-6,8,11,14H,7H2,1-2H3. The summed E-state index contributed by atoms with van der Waals surface area (Å²) in [6.45, 7) is 3.58. The van der Waals surface area contributed by atoms with E-state index in [1.807, 2.05) is 13.8 Å². The highest BCUT2D eigenvalue weighted by Gasteiger charge is 2.22. The van der Waals surface area contributed by atoms with Gasteiger partial charge in [-0.1, -0.05) is 13.8 Å². The molecule has 1 N–H and O–H groups in total. The minimum Gasteiger partial charge on any atom is -0.396 e. The van der Waals surface area contributed by atoms with Gasteiger partial charge in [-0.15, -0.1) is 0 Å². The summed E-state index contributed by atoms with van der Waals surface area (Å²) >= 11 is 0. The minimum atomic E-state index is -0.407. The van der Waals surface area contributed by atoms with Crippen molar-refractivity contribution in [1.29, 1.82) is 0 Å². The number of hydrogen-bond acceptors (Lipinski definition) is 2. The van der Waals surface area contributed by atoms with E-state index in [0.29, 0.717) is 5.56 Å². The molecule has 1 atom stereocenters. The summed E-state index contributed by atoms with van der Waals surface area (Å²) in [5.41, 5.74) is 0.448. The quantitative estimate of drug-likeness (QED) is 0.774. The van der Waals surface area contributed by atoms with Crippen LogP contribution in [-0.4, -0.2) is 17.5 Å². The lowest BCUT2D eigenvalue weighted by atomic mass is 9.89. The summed E-state index contributed by atoms with van der Waals surface area (Å²) in [4.78, 5) is 11.8. The van der Waals surface area contributed by atoms with Crippen molar-refractivity contribution in [3.8, 4) is 0 Å². The third-order valence-corrected chi connectivity index (χ3v) is 2.47. The van der Waals surface area contributed by atoms with Crippen LogP contribution in [0.4, 0.5) is 4.39 Å². The van der Waals surface area contributed by atoms with Crippen molar-refractivity contribution >= 4 is 5.78 Å². The molecule has 2 nitrogen and oxygen atoms in total. The molecule has 0 radical (unpaired) electrons. The molecule has 3 heteroatoms. The van der Waals surface area contributed by atoms with E-state index in [2.05, 4.69) is 0 Å². The van der Waals surface area contributed by atoms with Gasteiger partial charge in [-0.05, 0) is 30.2 Å². The third-order valence-electron chi connectivity index (χ3n) is 2.47. The highest BCUT2D eigenvalue weighted by Crippen LogP contribution is 2.17. The molecule has 0 aliphatic rings. The maximum atomic E-state index is 12.6. The Hall–Kier alpha value is -1.22. The topological polar surface area (TPSA) is 37.3 Å². The highest BCUT2D eigenvalue weighted by atomic mass is 19.1. The van der Waals surface area contributed by atoms with Crippen molar-refractivity contribution in [3.63, 3.8) is 0 Å². The number of aliphatic hydroxyl groups is 1. The Kier molecular flexibility index (Phi) is 3.97. The average Bonchev–Trinajstić information content (AvgIpc) is 2.19. The average molecular weight is 210 g/mol. The van der Waals surface area contributed by atoms with Gasteiger partial charge in [0.25, 0.3) is 0 Å². The van der Waals surface area contributed by atoms with Crippen molar-refractivity contribution in [3.05, 3.63) is 35.6 Å². The molecule has 82 valence electrons. The summed E-state index contributed by atoms with van der Waals surface area (Å²) in [5.74, 6) is -0.827. The van der Waals surface area contributed by atoms with Gasteiger partial charge >= 0.3 is 0 Å². The lowest BCUT2D eigenvalue weighted by Gasteiger charge is -2.16. The van der Waals surface area contributed by atoms with E-state index in [1.165, 1.54) is 24.3 Å². The second-order valence-corrected chi connectivity index (χ2v) is 3.90. The lowest BCUT2D eigenvalue weighted by molar-refractivity contribution is 0.0807. The van der Waals surface area contributed by atoms with Crippen molar-refractivity contribution in [2.45, 2.75) is 13.8 Å². The molecule has 1 aromatic carbocycles. The molecule has 0 heterocycles. The molecule has 0 saturated carbocycles. The normalized spacial score (nSPS) is 12.9. The second kappa shape index (κ2) is 5.03. The number of Topliss-reactive ketones (excluding diaryl/α,β-unsaturated/α-hetero) is 1. The molecule has 0 spiro atoms. The van der Waals surface area contributed by atoms with E-state index in [0.717, 1.165) is 0 Å². The van der Waals surface area contributed by atoms with Crippen LogP contribution in [0.1, 0.15) is 24.2 Å². The van der Waals surface area contributed by atoms with Crippen molar-refractivity contribution in [1.82, 2.24) is 0 Å². The first-order chi connectivity index (χ1) is 7.06. The number of halogens is 1. The van der Waals surface area contributed by atoms with Crippen LogP contribution < -0.4 is 0 Å². The third kappa shape index (κ3) is 2.86. The maximum Gasteiger partial charge on any atom is 0.168 e. The number of benzene rings is 1. The van der Waals surface area contributed by atoms with Gasteiger partial charge in [0, 0.05) is 11.5 Å². The number of hydrogen-bond donors (Lipinski definition) is 1. The zero-order valence-corrected chi connectivity index (χ0v) is 8.90. The van der Waals surface area contributed by atoms with Crippen LogP contribution in [0.3, 0.4) is 0 Å². The fourth-order valence-electron chi connectivity index (χ4n) is 1.42. The first-order valence-corrected chi connectivity index (χ1v) is 4.97. The largest absolute Gasteiger partial charge is 0.396 e. The van der Waals surface area contributed by atoms with Gasteiger partial charge in [0.15, 0.2) is 5.78 Å². The smallest absolute Gasteiger partial charge is 0.168 e. The fraction of sp³-hybridized carbons (Fsp3) is 0.417. The summed E-state index contributed by atoms with van der Waals surface area (Å²) in [6.07, 6.45) is 0. The van der Waals surface area contributed by atoms with Crippen molar-refractivity contribution < 1.29 is 14.3 Å². The number of rotatable bonds is 4. The predicted molar refractivity (Wildman–Crippen MR) is 56.1 cm³/mol. The number of aliphatic hydroxyl groups excluding tert-OH is 1. The van der Waals surface area contributed by atoms with Gasteiger partial charge in [0.2, 0.25) is 0 Å². The van der Waals surface area contributed by atoms with Gasteiger partial charge in [-0.25, -0.2) is 4.39 Å². The Labute approximate surface area is 88.7 Å². The predicted octanol–water partition coefficient (Wildman–Crippen LogP) is 2.27. The van der Waals surface area contributed by atoms with Gasteiger partial charge in [-0.2, -0.15) is 0 Å². The number of carbonyl (C=O) groups excluding carboxylic acids is 1. The molecular formula is C12H15FO2. The summed E-state index contributed by atoms with van der Waals surface area (Å²) in [7, 11) is 0. The lowest BCUT2D eigenvalue weighted by Crippen LogP contribution is -2.24. The van der Waals surface area contributed by atoms with Crippen LogP contribution in [0.5, 0.6) is 0 Å². The van der Waals surface area contributed by atoms with Crippen LogP contribution in [0.25, 0.3) is 0 Å². The van der Waals surface area contributed by atoms with Gasteiger partial charge in [0.05, 0.1) is 6.61 Å². The van der Waals surface area contributed by atoms with Crippen LogP contribution >= 0.6 is 0 Å². The van der Waals surface area contributed by atoms with E-state index in [4.69, 9.17) is 5.11 Å². The van der Waals surface area contributed by atoms with Gasteiger partial charge in [-0.3, -0.25) is 4.79 Å². The van der Waals surface area contributed by atoms with Crippen molar-refractivity contribution in [2.75, 3.05) is 6.61 Å². The van der Waals surface area contributed by atoms with E-state index in [1.54, 1.807) is 0 Å². The Morgan fingerprint density at radius 1 is 1.33 bits per heavy atom. The molecule has 1 aromatic rings. The van der Waals surface area contributed by atoms with E-state index in [9.17, 15) is 9.18 Å². The number of ketones is 1. The highest BCUT2D eigenvalue weighted by molar-refractivity contribution is 5.98. The monoisotopic (exact) mass is 210 g/mol. The van der Waals surface area contributed by atoms with Gasteiger partial charge < -0.3 is 5.11 Å². The zero-order chi connectivity index (χ0) is 11.4. The Morgan fingerprint density at radius 2 is 1.87 bits per heavy atom. The SMILES string of the molecule is CC(C)C(CO)C(=O)c1ccc(F)cc1. The zero-order valence-electron chi connectivity index (χ0n) is 8.90. The molecular weight excluding hydrogens is 195 g/mol. The van der Waals surface area contributed by atoms with Crippen LogP contribution in [0, 0.1) is 17.7 Å². The van der Waals surface area contributed by atoms with E-state index >= 15 is 0 Å². The molecule has 0 saturated heterocycles. The van der Waals surface area contributed by atoms with Crippen LogP contribution in [0.15, 0.2) is 24.3 Å². The molecule has 0 aliphatic carbocycles. The molecule has 0 aliphatic heterocycles. The van der Waals surface area contributed by atoms with E-state index < -0.39 is 5.92 Å². The molecule has 15 heavy (non-hydrogen) atoms. The summed E-state index contributed by atoms with van der Waals surface area (Å²) in [6, 6.07) is 5.40. The fourth-order valence-corrected chi connectivity index (χ4v) is 1.42. The van der Waals surface area contributed by atoms with Crippen LogP contribution in [-0.2, 0) is 0 Å². The molecule has 0 aromatic heterocycles. The molecule has 0 bridgehead atoms. The first-order valence-electron chi connectivity index (χ1n) is 4.97.